The minimum Gasteiger partial charge on any atom is -0.468 e. The third kappa shape index (κ3) is 3.32. The Labute approximate surface area is 136 Å². The normalized spacial score (nSPS) is 21.8. The minimum atomic E-state index is -0.738. The molecule has 2 rings (SSSR count). The number of pyridine rings is 1. The first-order chi connectivity index (χ1) is 9.44. The molecule has 1 heterocycles. The highest BCUT2D eigenvalue weighted by Gasteiger charge is 2.37. The average Bonchev–Trinajstić information content (AvgIpc) is 2.42. The van der Waals surface area contributed by atoms with Gasteiger partial charge in [0.05, 0.1) is 7.11 Å². The van der Waals surface area contributed by atoms with E-state index in [1.807, 2.05) is 13.0 Å². The summed E-state index contributed by atoms with van der Waals surface area (Å²) in [7, 11) is 1.38. The number of methoxy groups -OCH3 is 1. The van der Waals surface area contributed by atoms with E-state index in [1.165, 1.54) is 7.11 Å². The van der Waals surface area contributed by atoms with Crippen LogP contribution in [0.1, 0.15) is 13.3 Å². The Hall–Kier alpha value is -1.08. The van der Waals surface area contributed by atoms with Gasteiger partial charge in [0.1, 0.15) is 20.1 Å². The lowest BCUT2D eigenvalue weighted by Gasteiger charge is -2.25. The zero-order chi connectivity index (χ0) is 14.8. The fraction of sp³-hybridized carbons (Fsp3) is 0.286. The molecule has 0 saturated heterocycles. The Kier molecular flexibility index (Phi) is 4.70. The number of ether oxygens (including phenoxy) is 2. The number of carbonyl (C=O) groups excluding carboxylic acids is 1. The van der Waals surface area contributed by atoms with Crippen LogP contribution in [0.5, 0.6) is 5.75 Å². The summed E-state index contributed by atoms with van der Waals surface area (Å²) >= 11 is 7.90. The molecule has 0 unspecified atom stereocenters. The highest BCUT2D eigenvalue weighted by Crippen LogP contribution is 2.35. The number of hydrogen-bond acceptors (Lipinski definition) is 4. The quantitative estimate of drug-likeness (QED) is 0.333. The summed E-state index contributed by atoms with van der Waals surface area (Å²) in [5, 5.41) is 0.356. The highest BCUT2D eigenvalue weighted by atomic mass is 127. The van der Waals surface area contributed by atoms with Crippen LogP contribution in [0.3, 0.4) is 0 Å². The second kappa shape index (κ2) is 6.13. The molecule has 0 N–H and O–H groups in total. The van der Waals surface area contributed by atoms with Gasteiger partial charge in [-0.2, -0.15) is 0 Å². The van der Waals surface area contributed by atoms with E-state index >= 15 is 0 Å². The number of alkyl halides is 1. The Bertz CT molecular complexity index is 600. The fourth-order valence-electron chi connectivity index (χ4n) is 1.78. The molecule has 0 aliphatic heterocycles. The van der Waals surface area contributed by atoms with Crippen molar-refractivity contribution in [3.8, 4) is 5.75 Å². The molecule has 1 aliphatic carbocycles. The first kappa shape index (κ1) is 15.3. The molecular weight excluding hydrogens is 393 g/mol. The number of halogens is 2. The van der Waals surface area contributed by atoms with Crippen LogP contribution in [0.25, 0.3) is 0 Å². The molecule has 6 heteroatoms. The molecule has 1 aliphatic rings. The molecule has 0 fully saturated rings. The third-order valence-electron chi connectivity index (χ3n) is 2.90. The number of hydrogen-bond donors (Lipinski definition) is 0. The molecule has 0 bridgehead atoms. The summed E-state index contributed by atoms with van der Waals surface area (Å²) in [6.07, 6.45) is 5.89. The van der Waals surface area contributed by atoms with Gasteiger partial charge in [-0.3, -0.25) is 4.79 Å². The second-order valence-corrected chi connectivity index (χ2v) is 6.68. The summed E-state index contributed by atoms with van der Waals surface area (Å²) < 4.78 is 9.90. The van der Waals surface area contributed by atoms with E-state index in [-0.39, 0.29) is 5.97 Å². The number of carbonyl (C=O) groups is 1. The highest BCUT2D eigenvalue weighted by molar-refractivity contribution is 14.1. The van der Waals surface area contributed by atoms with E-state index < -0.39 is 3.42 Å². The van der Waals surface area contributed by atoms with Gasteiger partial charge < -0.3 is 9.47 Å². The first-order valence-electron chi connectivity index (χ1n) is 5.91. The molecule has 0 saturated carbocycles. The van der Waals surface area contributed by atoms with Crippen LogP contribution in [0.2, 0.25) is 5.15 Å². The van der Waals surface area contributed by atoms with E-state index in [2.05, 4.69) is 27.6 Å². The van der Waals surface area contributed by atoms with Crippen LogP contribution in [0, 0.1) is 0 Å². The lowest BCUT2D eigenvalue weighted by molar-refractivity contribution is -0.141. The van der Waals surface area contributed by atoms with Gasteiger partial charge in [-0.25, -0.2) is 4.98 Å². The largest absolute Gasteiger partial charge is 0.468 e. The smallest absolute Gasteiger partial charge is 0.326 e. The van der Waals surface area contributed by atoms with Crippen LogP contribution < -0.4 is 4.74 Å². The summed E-state index contributed by atoms with van der Waals surface area (Å²) in [6, 6.07) is 3.33. The van der Waals surface area contributed by atoms with Gasteiger partial charge in [0.25, 0.3) is 0 Å². The van der Waals surface area contributed by atoms with Gasteiger partial charge in [0.15, 0.2) is 0 Å². The van der Waals surface area contributed by atoms with E-state index in [9.17, 15) is 4.79 Å². The topological polar surface area (TPSA) is 48.4 Å². The van der Waals surface area contributed by atoms with Gasteiger partial charge in [0, 0.05) is 12.3 Å². The van der Waals surface area contributed by atoms with Crippen LogP contribution in [0.15, 0.2) is 41.8 Å². The van der Waals surface area contributed by atoms with Crippen molar-refractivity contribution in [2.75, 3.05) is 7.11 Å². The lowest BCUT2D eigenvalue weighted by Crippen LogP contribution is -2.33. The molecule has 106 valence electrons. The zero-order valence-corrected chi connectivity index (χ0v) is 13.9. The van der Waals surface area contributed by atoms with Crippen molar-refractivity contribution < 1.29 is 14.3 Å². The number of aromatic nitrogens is 1. The molecule has 0 amide bonds. The average molecular weight is 406 g/mol. The predicted molar refractivity (Wildman–Crippen MR) is 85.1 cm³/mol. The maximum absolute atomic E-state index is 11.9. The maximum Gasteiger partial charge on any atom is 0.326 e. The van der Waals surface area contributed by atoms with Crippen molar-refractivity contribution in [1.82, 2.24) is 4.98 Å². The Morgan fingerprint density at radius 1 is 1.55 bits per heavy atom. The van der Waals surface area contributed by atoms with Crippen LogP contribution >= 0.6 is 34.2 Å². The standard InChI is InChI=1S/C14H13ClINO3/c1-9-3-5-14(16,13(18)19-2)8-11(9)20-10-4-6-17-12(15)7-10/h3-4,6-8H,5H2,1-2H3/t14-/m0/s1. The van der Waals surface area contributed by atoms with Crippen molar-refractivity contribution in [3.05, 3.63) is 47.0 Å². The summed E-state index contributed by atoms with van der Waals surface area (Å²) in [5.74, 6) is 0.906. The van der Waals surface area contributed by atoms with Gasteiger partial charge in [-0.05, 0) is 31.1 Å². The Morgan fingerprint density at radius 3 is 2.95 bits per heavy atom. The molecular formula is C14H13ClINO3. The number of nitrogens with zero attached hydrogens (tertiary/aromatic N) is 1. The number of rotatable bonds is 3. The minimum absolute atomic E-state index is 0.296. The van der Waals surface area contributed by atoms with Gasteiger partial charge in [-0.15, -0.1) is 0 Å². The summed E-state index contributed by atoms with van der Waals surface area (Å²) in [6.45, 7) is 1.93. The van der Waals surface area contributed by atoms with E-state index in [0.717, 1.165) is 5.57 Å². The SMILES string of the molecule is COC(=O)[C@@]1(I)C=C(Oc2ccnc(Cl)c2)C(C)=CC1. The van der Waals surface area contributed by atoms with E-state index in [1.54, 1.807) is 24.4 Å². The monoisotopic (exact) mass is 405 g/mol. The molecule has 1 atom stereocenters. The fourth-order valence-corrected chi connectivity index (χ4v) is 2.67. The second-order valence-electron chi connectivity index (χ2n) is 4.37. The number of esters is 1. The van der Waals surface area contributed by atoms with Crippen LogP contribution in [-0.2, 0) is 9.53 Å². The molecule has 0 radical (unpaired) electrons. The van der Waals surface area contributed by atoms with Crippen molar-refractivity contribution >= 4 is 40.2 Å². The van der Waals surface area contributed by atoms with Crippen molar-refractivity contribution in [3.63, 3.8) is 0 Å². The number of allylic oxidation sites excluding steroid dienone is 2. The van der Waals surface area contributed by atoms with Crippen molar-refractivity contribution in [1.29, 1.82) is 0 Å². The lowest BCUT2D eigenvalue weighted by atomic mass is 9.96. The van der Waals surface area contributed by atoms with Crippen molar-refractivity contribution in [2.45, 2.75) is 16.8 Å². The van der Waals surface area contributed by atoms with Crippen LogP contribution in [-0.4, -0.2) is 21.5 Å². The summed E-state index contributed by atoms with van der Waals surface area (Å²) in [5.41, 5.74) is 0.967. The predicted octanol–water partition coefficient (Wildman–Crippen LogP) is 3.69. The maximum atomic E-state index is 11.9. The van der Waals surface area contributed by atoms with Crippen LogP contribution in [0.4, 0.5) is 0 Å². The summed E-state index contributed by atoms with van der Waals surface area (Å²) in [4.78, 5) is 15.8. The zero-order valence-electron chi connectivity index (χ0n) is 11.0. The van der Waals surface area contributed by atoms with Crippen molar-refractivity contribution in [2.24, 2.45) is 0 Å². The van der Waals surface area contributed by atoms with Gasteiger partial charge >= 0.3 is 5.97 Å². The molecule has 0 spiro atoms. The molecule has 1 aromatic heterocycles. The first-order valence-corrected chi connectivity index (χ1v) is 7.37. The van der Waals surface area contributed by atoms with E-state index in [4.69, 9.17) is 21.1 Å². The third-order valence-corrected chi connectivity index (χ3v) is 4.30. The molecule has 0 aromatic carbocycles. The molecule has 20 heavy (non-hydrogen) atoms. The van der Waals surface area contributed by atoms with Gasteiger partial charge in [-0.1, -0.05) is 40.3 Å². The van der Waals surface area contributed by atoms with Gasteiger partial charge in [0.2, 0.25) is 0 Å². The van der Waals surface area contributed by atoms with E-state index in [0.29, 0.717) is 23.1 Å². The Morgan fingerprint density at radius 2 is 2.30 bits per heavy atom. The molecule has 1 aromatic rings. The molecule has 4 nitrogen and oxygen atoms in total. The Balaban J connectivity index is 2.28.